The second-order valence-electron chi connectivity index (χ2n) is 10.0. The minimum absolute atomic E-state index is 0.372. The van der Waals surface area contributed by atoms with E-state index in [9.17, 15) is 0 Å². The Morgan fingerprint density at radius 1 is 0.656 bits per heavy atom. The smallest absolute Gasteiger partial charge is 0.456 e. The van der Waals surface area contributed by atoms with Crippen molar-refractivity contribution in [2.45, 2.75) is 38.9 Å². The van der Waals surface area contributed by atoms with Crippen LogP contribution in [0.3, 0.4) is 0 Å². The van der Waals surface area contributed by atoms with Gasteiger partial charge in [0.1, 0.15) is 11.2 Å². The third-order valence-corrected chi connectivity index (χ3v) is 7.63. The van der Waals surface area contributed by atoms with E-state index in [-0.39, 0.29) is 11.2 Å². The predicted octanol–water partition coefficient (Wildman–Crippen LogP) is 6.69. The van der Waals surface area contributed by atoms with Crippen molar-refractivity contribution in [3.8, 4) is 22.3 Å². The fourth-order valence-corrected chi connectivity index (χ4v) is 5.28. The number of hydrogen-bond donors (Lipinski definition) is 0. The highest BCUT2D eigenvalue weighted by Gasteiger charge is 2.51. The minimum Gasteiger partial charge on any atom is -0.456 e. The third kappa shape index (κ3) is 2.24. The molecule has 32 heavy (non-hydrogen) atoms. The number of hydrogen-bond acceptors (Lipinski definition) is 3. The maximum atomic E-state index is 6.36. The molecule has 3 nitrogen and oxygen atoms in total. The van der Waals surface area contributed by atoms with Crippen LogP contribution < -0.4 is 5.46 Å². The van der Waals surface area contributed by atoms with Gasteiger partial charge in [0.25, 0.3) is 0 Å². The molecule has 0 atom stereocenters. The van der Waals surface area contributed by atoms with Gasteiger partial charge in [0.15, 0.2) is 0 Å². The molecule has 2 aliphatic rings. The van der Waals surface area contributed by atoms with Gasteiger partial charge >= 0.3 is 7.12 Å². The van der Waals surface area contributed by atoms with E-state index in [0.29, 0.717) is 0 Å². The van der Waals surface area contributed by atoms with Gasteiger partial charge in [-0.15, -0.1) is 0 Å². The SMILES string of the molecule is CC1(C)OB(c2ccc3oc4cc5cccc6c5c(c4c3c2)-c2ccccc2-6)OC1(C)C. The van der Waals surface area contributed by atoms with Crippen molar-refractivity contribution >= 4 is 45.3 Å². The summed E-state index contributed by atoms with van der Waals surface area (Å²) in [4.78, 5) is 0. The van der Waals surface area contributed by atoms with Crippen molar-refractivity contribution in [1.29, 1.82) is 0 Å². The highest BCUT2D eigenvalue weighted by Crippen LogP contribution is 2.52. The second kappa shape index (κ2) is 5.83. The topological polar surface area (TPSA) is 31.6 Å². The van der Waals surface area contributed by atoms with E-state index in [0.717, 1.165) is 22.0 Å². The minimum atomic E-state index is -0.397. The molecule has 5 aromatic rings. The molecule has 0 unspecified atom stereocenters. The van der Waals surface area contributed by atoms with Gasteiger partial charge in [0.05, 0.1) is 11.2 Å². The lowest BCUT2D eigenvalue weighted by Gasteiger charge is -2.32. The first kappa shape index (κ1) is 18.5. The Balaban J connectivity index is 1.53. The molecular formula is C28H23BO3. The summed E-state index contributed by atoms with van der Waals surface area (Å²) in [5.41, 5.74) is 7.21. The van der Waals surface area contributed by atoms with Crippen LogP contribution in [-0.4, -0.2) is 18.3 Å². The van der Waals surface area contributed by atoms with Crippen LogP contribution >= 0.6 is 0 Å². The number of benzene rings is 4. The summed E-state index contributed by atoms with van der Waals surface area (Å²) in [5.74, 6) is 0. The van der Waals surface area contributed by atoms with Crippen LogP contribution in [0.15, 0.2) is 71.1 Å². The Labute approximate surface area is 187 Å². The lowest BCUT2D eigenvalue weighted by molar-refractivity contribution is 0.00578. The summed E-state index contributed by atoms with van der Waals surface area (Å²) < 4.78 is 19.0. The lowest BCUT2D eigenvalue weighted by atomic mass is 9.78. The first-order chi connectivity index (χ1) is 15.3. The zero-order chi connectivity index (χ0) is 21.8. The lowest BCUT2D eigenvalue weighted by Crippen LogP contribution is -2.41. The second-order valence-corrected chi connectivity index (χ2v) is 10.0. The molecule has 2 heterocycles. The van der Waals surface area contributed by atoms with Gasteiger partial charge in [-0.05, 0) is 72.8 Å². The molecule has 0 amide bonds. The molecule has 156 valence electrons. The molecular weight excluding hydrogens is 395 g/mol. The van der Waals surface area contributed by atoms with Gasteiger partial charge < -0.3 is 13.7 Å². The zero-order valence-corrected chi connectivity index (χ0v) is 18.7. The zero-order valence-electron chi connectivity index (χ0n) is 18.7. The quantitative estimate of drug-likeness (QED) is 0.279. The summed E-state index contributed by atoms with van der Waals surface area (Å²) >= 11 is 0. The molecule has 0 bridgehead atoms. The molecule has 1 aliphatic heterocycles. The van der Waals surface area contributed by atoms with E-state index < -0.39 is 7.12 Å². The van der Waals surface area contributed by atoms with Crippen molar-refractivity contribution < 1.29 is 13.7 Å². The Morgan fingerprint density at radius 3 is 2.16 bits per heavy atom. The summed E-state index contributed by atoms with van der Waals surface area (Å²) in [5, 5.41) is 4.80. The summed E-state index contributed by atoms with van der Waals surface area (Å²) in [6.07, 6.45) is 0. The van der Waals surface area contributed by atoms with E-state index in [1.807, 2.05) is 0 Å². The van der Waals surface area contributed by atoms with Gasteiger partial charge in [0.2, 0.25) is 0 Å². The van der Waals surface area contributed by atoms with Crippen LogP contribution in [-0.2, 0) is 9.31 Å². The molecule has 0 saturated carbocycles. The maximum Gasteiger partial charge on any atom is 0.494 e. The van der Waals surface area contributed by atoms with Crippen molar-refractivity contribution in [2.75, 3.05) is 0 Å². The monoisotopic (exact) mass is 418 g/mol. The van der Waals surface area contributed by atoms with Crippen molar-refractivity contribution in [1.82, 2.24) is 0 Å². The molecule has 4 heteroatoms. The van der Waals surface area contributed by atoms with Crippen LogP contribution in [0.2, 0.25) is 0 Å². The molecule has 0 spiro atoms. The van der Waals surface area contributed by atoms with Crippen LogP contribution in [0.5, 0.6) is 0 Å². The molecule has 1 aromatic heterocycles. The highest BCUT2D eigenvalue weighted by molar-refractivity contribution is 6.62. The van der Waals surface area contributed by atoms with Crippen molar-refractivity contribution in [3.63, 3.8) is 0 Å². The molecule has 1 fully saturated rings. The van der Waals surface area contributed by atoms with E-state index in [4.69, 9.17) is 13.7 Å². The van der Waals surface area contributed by atoms with E-state index in [1.54, 1.807) is 0 Å². The number of rotatable bonds is 1. The normalized spacial score (nSPS) is 18.2. The van der Waals surface area contributed by atoms with E-state index in [1.165, 1.54) is 38.4 Å². The highest BCUT2D eigenvalue weighted by atomic mass is 16.7. The van der Waals surface area contributed by atoms with Gasteiger partial charge in [-0.25, -0.2) is 0 Å². The molecule has 1 saturated heterocycles. The Morgan fingerprint density at radius 2 is 1.38 bits per heavy atom. The summed E-state index contributed by atoms with van der Waals surface area (Å²) in [6.45, 7) is 8.35. The first-order valence-electron chi connectivity index (χ1n) is 11.2. The Hall–Kier alpha value is -3.08. The fraction of sp³-hybridized carbons (Fsp3) is 0.214. The van der Waals surface area contributed by atoms with Crippen molar-refractivity contribution in [3.05, 3.63) is 66.7 Å². The molecule has 0 N–H and O–H groups in total. The largest absolute Gasteiger partial charge is 0.494 e. The molecule has 0 radical (unpaired) electrons. The maximum absolute atomic E-state index is 6.36. The average Bonchev–Trinajstić information content (AvgIpc) is 3.36. The van der Waals surface area contributed by atoms with Gasteiger partial charge in [-0.3, -0.25) is 0 Å². The first-order valence-corrected chi connectivity index (χ1v) is 11.2. The predicted molar refractivity (Wildman–Crippen MR) is 131 cm³/mol. The molecule has 4 aromatic carbocycles. The summed E-state index contributed by atoms with van der Waals surface area (Å²) in [7, 11) is -0.397. The Bertz CT molecular complexity index is 1580. The molecule has 7 rings (SSSR count). The van der Waals surface area contributed by atoms with Crippen molar-refractivity contribution in [2.24, 2.45) is 0 Å². The molecule has 1 aliphatic carbocycles. The van der Waals surface area contributed by atoms with E-state index in [2.05, 4.69) is 94.4 Å². The number of furan rings is 1. The van der Waals surface area contributed by atoms with Crippen LogP contribution in [0.4, 0.5) is 0 Å². The van der Waals surface area contributed by atoms with Crippen LogP contribution in [0, 0.1) is 0 Å². The number of fused-ring (bicyclic) bond motifs is 7. The van der Waals surface area contributed by atoms with Crippen LogP contribution in [0.25, 0.3) is 55.0 Å². The Kier molecular flexibility index (Phi) is 3.37. The van der Waals surface area contributed by atoms with Gasteiger partial charge in [-0.2, -0.15) is 0 Å². The van der Waals surface area contributed by atoms with E-state index >= 15 is 0 Å². The van der Waals surface area contributed by atoms with Gasteiger partial charge in [0, 0.05) is 16.3 Å². The standard InChI is InChI=1S/C28H23BO3/c1-27(2)28(3,4)32-29(31-27)17-12-13-22-21(15-17)25-23(30-22)14-16-8-7-11-19-18-9-5-6-10-20(18)26(25)24(16)19/h5-15H,1-4H3. The third-order valence-electron chi connectivity index (χ3n) is 7.63. The fourth-order valence-electron chi connectivity index (χ4n) is 5.28. The van der Waals surface area contributed by atoms with Crippen LogP contribution in [0.1, 0.15) is 27.7 Å². The van der Waals surface area contributed by atoms with Gasteiger partial charge in [-0.1, -0.05) is 54.6 Å². The average molecular weight is 418 g/mol. The summed E-state index contributed by atoms with van der Waals surface area (Å²) in [6, 6.07) is 23.7.